The third-order valence-electron chi connectivity index (χ3n) is 3.23. The van der Waals surface area contributed by atoms with Gasteiger partial charge in [-0.2, -0.15) is 0 Å². The first kappa shape index (κ1) is 17.5. The fourth-order valence-corrected chi connectivity index (χ4v) is 2.43. The third kappa shape index (κ3) is 4.75. The van der Waals surface area contributed by atoms with Gasteiger partial charge in [0.05, 0.1) is 15.6 Å². The molecule has 6 heteroatoms. The summed E-state index contributed by atoms with van der Waals surface area (Å²) in [6.45, 7) is 6.72. The van der Waals surface area contributed by atoms with Gasteiger partial charge in [0, 0.05) is 4.47 Å². The van der Waals surface area contributed by atoms with Crippen molar-refractivity contribution in [3.63, 3.8) is 0 Å². The highest BCUT2D eigenvalue weighted by Crippen LogP contribution is 2.28. The zero-order valence-corrected chi connectivity index (χ0v) is 15.1. The van der Waals surface area contributed by atoms with Crippen LogP contribution in [0.4, 0.5) is 0 Å². The van der Waals surface area contributed by atoms with Gasteiger partial charge in [-0.1, -0.05) is 15.9 Å². The van der Waals surface area contributed by atoms with E-state index in [2.05, 4.69) is 37.2 Å². The van der Waals surface area contributed by atoms with Crippen LogP contribution in [0.2, 0.25) is 0 Å². The molecule has 0 unspecified atom stereocenters. The van der Waals surface area contributed by atoms with Crippen molar-refractivity contribution >= 4 is 37.8 Å². The molecule has 1 aromatic carbocycles. The molecule has 20 heavy (non-hydrogen) atoms. The van der Waals surface area contributed by atoms with Crippen LogP contribution in [-0.4, -0.2) is 28.8 Å². The standard InChI is InChI=1S/C14H19Br2NO3/c1-13(2,14(3,4)19)17-12(18)8-20-11-6-5-9(15)7-10(11)16/h5-7,19H,8H2,1-4H3,(H,17,18). The highest BCUT2D eigenvalue weighted by Gasteiger charge is 2.36. The van der Waals surface area contributed by atoms with Crippen LogP contribution in [0.5, 0.6) is 5.75 Å². The predicted molar refractivity (Wildman–Crippen MR) is 85.9 cm³/mol. The van der Waals surface area contributed by atoms with E-state index in [1.807, 2.05) is 12.1 Å². The van der Waals surface area contributed by atoms with E-state index in [1.54, 1.807) is 33.8 Å². The van der Waals surface area contributed by atoms with Crippen molar-refractivity contribution in [3.8, 4) is 5.75 Å². The van der Waals surface area contributed by atoms with Crippen LogP contribution in [0.1, 0.15) is 27.7 Å². The lowest BCUT2D eigenvalue weighted by Gasteiger charge is -2.37. The van der Waals surface area contributed by atoms with E-state index >= 15 is 0 Å². The minimum absolute atomic E-state index is 0.111. The number of amides is 1. The summed E-state index contributed by atoms with van der Waals surface area (Å²) in [4.78, 5) is 11.9. The van der Waals surface area contributed by atoms with Gasteiger partial charge in [-0.05, 0) is 61.8 Å². The fraction of sp³-hybridized carbons (Fsp3) is 0.500. The Balaban J connectivity index is 2.60. The maximum Gasteiger partial charge on any atom is 0.258 e. The lowest BCUT2D eigenvalue weighted by Crippen LogP contribution is -2.58. The Kier molecular flexibility index (Phi) is 5.63. The van der Waals surface area contributed by atoms with Crippen LogP contribution >= 0.6 is 31.9 Å². The van der Waals surface area contributed by atoms with Crippen molar-refractivity contribution in [1.29, 1.82) is 0 Å². The molecular formula is C14H19Br2NO3. The summed E-state index contributed by atoms with van der Waals surface area (Å²) in [6, 6.07) is 5.44. The minimum atomic E-state index is -1.03. The molecule has 0 bridgehead atoms. The number of rotatable bonds is 5. The van der Waals surface area contributed by atoms with Crippen molar-refractivity contribution in [2.45, 2.75) is 38.8 Å². The molecule has 0 saturated carbocycles. The summed E-state index contributed by atoms with van der Waals surface area (Å²) in [5, 5.41) is 12.7. The zero-order chi connectivity index (χ0) is 15.6. The highest BCUT2D eigenvalue weighted by molar-refractivity contribution is 9.11. The molecule has 112 valence electrons. The molecule has 0 spiro atoms. The van der Waals surface area contributed by atoms with Crippen molar-refractivity contribution in [3.05, 3.63) is 27.1 Å². The van der Waals surface area contributed by atoms with E-state index in [0.717, 1.165) is 8.95 Å². The molecular weight excluding hydrogens is 390 g/mol. The quantitative estimate of drug-likeness (QED) is 0.786. The van der Waals surface area contributed by atoms with E-state index in [9.17, 15) is 9.90 Å². The second-order valence-electron chi connectivity index (χ2n) is 5.60. The zero-order valence-electron chi connectivity index (χ0n) is 12.0. The lowest BCUT2D eigenvalue weighted by molar-refractivity contribution is -0.128. The summed E-state index contributed by atoms with van der Waals surface area (Å²) in [5.41, 5.74) is -1.77. The maximum atomic E-state index is 11.9. The van der Waals surface area contributed by atoms with Crippen molar-refractivity contribution in [1.82, 2.24) is 5.32 Å². The number of nitrogens with one attached hydrogen (secondary N) is 1. The molecule has 0 atom stereocenters. The number of aliphatic hydroxyl groups is 1. The van der Waals surface area contributed by atoms with Gasteiger partial charge >= 0.3 is 0 Å². The van der Waals surface area contributed by atoms with Crippen LogP contribution in [0, 0.1) is 0 Å². The van der Waals surface area contributed by atoms with E-state index < -0.39 is 11.1 Å². The molecule has 1 rings (SSSR count). The topological polar surface area (TPSA) is 58.6 Å². The Morgan fingerprint density at radius 1 is 1.30 bits per heavy atom. The van der Waals surface area contributed by atoms with E-state index in [0.29, 0.717) is 5.75 Å². The number of carbonyl (C=O) groups is 1. The van der Waals surface area contributed by atoms with Crippen molar-refractivity contribution < 1.29 is 14.6 Å². The second-order valence-corrected chi connectivity index (χ2v) is 7.37. The molecule has 0 heterocycles. The van der Waals surface area contributed by atoms with Gasteiger partial charge in [0.15, 0.2) is 6.61 Å². The molecule has 0 aromatic heterocycles. The van der Waals surface area contributed by atoms with Gasteiger partial charge in [0.1, 0.15) is 5.75 Å². The minimum Gasteiger partial charge on any atom is -0.483 e. The largest absolute Gasteiger partial charge is 0.483 e. The van der Waals surface area contributed by atoms with Gasteiger partial charge in [-0.25, -0.2) is 0 Å². The Morgan fingerprint density at radius 2 is 1.90 bits per heavy atom. The monoisotopic (exact) mass is 407 g/mol. The van der Waals surface area contributed by atoms with Crippen LogP contribution in [0.3, 0.4) is 0 Å². The normalized spacial score (nSPS) is 12.2. The average molecular weight is 409 g/mol. The first-order chi connectivity index (χ1) is 9.03. The number of hydrogen-bond acceptors (Lipinski definition) is 3. The number of halogens is 2. The van der Waals surface area contributed by atoms with Gasteiger partial charge in [-0.3, -0.25) is 4.79 Å². The number of carbonyl (C=O) groups excluding carboxylic acids is 1. The number of ether oxygens (including phenoxy) is 1. The smallest absolute Gasteiger partial charge is 0.258 e. The summed E-state index contributed by atoms with van der Waals surface area (Å²) in [6.07, 6.45) is 0. The van der Waals surface area contributed by atoms with Crippen molar-refractivity contribution in [2.24, 2.45) is 0 Å². The van der Waals surface area contributed by atoms with Gasteiger partial charge < -0.3 is 15.2 Å². The molecule has 0 fully saturated rings. The van der Waals surface area contributed by atoms with Crippen LogP contribution in [0.15, 0.2) is 27.1 Å². The Labute approximate surface area is 136 Å². The van der Waals surface area contributed by atoms with E-state index in [1.165, 1.54) is 0 Å². The fourth-order valence-electron chi connectivity index (χ4n) is 1.27. The first-order valence-electron chi connectivity index (χ1n) is 6.14. The number of benzene rings is 1. The van der Waals surface area contributed by atoms with Crippen LogP contribution in [-0.2, 0) is 4.79 Å². The SMILES string of the molecule is CC(C)(O)C(C)(C)NC(=O)COc1ccc(Br)cc1Br. The molecule has 0 aliphatic heterocycles. The summed E-state index contributed by atoms with van der Waals surface area (Å²) >= 11 is 6.71. The molecule has 0 aliphatic carbocycles. The summed E-state index contributed by atoms with van der Waals surface area (Å²) in [7, 11) is 0. The molecule has 1 amide bonds. The summed E-state index contributed by atoms with van der Waals surface area (Å²) < 4.78 is 7.14. The first-order valence-corrected chi connectivity index (χ1v) is 7.73. The van der Waals surface area contributed by atoms with E-state index in [4.69, 9.17) is 4.74 Å². The van der Waals surface area contributed by atoms with Crippen LogP contribution < -0.4 is 10.1 Å². The highest BCUT2D eigenvalue weighted by atomic mass is 79.9. The predicted octanol–water partition coefficient (Wildman–Crippen LogP) is 3.26. The molecule has 0 saturated heterocycles. The maximum absolute atomic E-state index is 11.9. The molecule has 1 aromatic rings. The Bertz CT molecular complexity index is 496. The summed E-state index contributed by atoms with van der Waals surface area (Å²) in [5.74, 6) is 0.302. The second kappa shape index (κ2) is 6.45. The molecule has 0 aliphatic rings. The van der Waals surface area contributed by atoms with Gasteiger partial charge in [0.2, 0.25) is 0 Å². The van der Waals surface area contributed by atoms with Gasteiger partial charge in [-0.15, -0.1) is 0 Å². The van der Waals surface area contributed by atoms with Crippen molar-refractivity contribution in [2.75, 3.05) is 6.61 Å². The number of hydrogen-bond donors (Lipinski definition) is 2. The lowest BCUT2D eigenvalue weighted by atomic mass is 9.86. The molecule has 0 radical (unpaired) electrons. The molecule has 2 N–H and O–H groups in total. The third-order valence-corrected chi connectivity index (χ3v) is 4.35. The van der Waals surface area contributed by atoms with E-state index in [-0.39, 0.29) is 12.5 Å². The average Bonchev–Trinajstić information content (AvgIpc) is 2.25. The molecule has 4 nitrogen and oxygen atoms in total. The Morgan fingerprint density at radius 3 is 2.40 bits per heavy atom. The van der Waals surface area contributed by atoms with Gasteiger partial charge in [0.25, 0.3) is 5.91 Å². The van der Waals surface area contributed by atoms with Crippen LogP contribution in [0.25, 0.3) is 0 Å². The Hall–Kier alpha value is -0.590.